The lowest BCUT2D eigenvalue weighted by Crippen LogP contribution is -2.47. The standard InChI is InChI=1S/C14H18N2O4S/c1-14(2)8-16(5-6-21-14)13(20)15-9-3-4-10(12(18)19)11(17)7-9/h3-4,7,17H,5-6,8H2,1-2H3,(H,15,20)(H,18,19). The van der Waals surface area contributed by atoms with E-state index in [1.165, 1.54) is 18.2 Å². The lowest BCUT2D eigenvalue weighted by molar-refractivity contribution is 0.0694. The van der Waals surface area contributed by atoms with Crippen molar-refractivity contribution in [2.45, 2.75) is 18.6 Å². The van der Waals surface area contributed by atoms with E-state index in [-0.39, 0.29) is 22.1 Å². The molecule has 1 fully saturated rings. The van der Waals surface area contributed by atoms with Crippen molar-refractivity contribution < 1.29 is 19.8 Å². The van der Waals surface area contributed by atoms with Crippen molar-refractivity contribution in [2.24, 2.45) is 0 Å². The Bertz CT molecular complexity index is 574. The van der Waals surface area contributed by atoms with Gasteiger partial charge in [-0.2, -0.15) is 11.8 Å². The maximum atomic E-state index is 12.2. The summed E-state index contributed by atoms with van der Waals surface area (Å²) in [7, 11) is 0. The molecule has 6 nitrogen and oxygen atoms in total. The molecule has 1 aliphatic heterocycles. The molecule has 0 unspecified atom stereocenters. The fourth-order valence-corrected chi connectivity index (χ4v) is 3.29. The van der Waals surface area contributed by atoms with E-state index in [4.69, 9.17) is 5.11 Å². The quantitative estimate of drug-likeness (QED) is 0.780. The number of hydrogen-bond donors (Lipinski definition) is 3. The van der Waals surface area contributed by atoms with Crippen LogP contribution in [0.2, 0.25) is 0 Å². The Balaban J connectivity index is 2.06. The van der Waals surface area contributed by atoms with Gasteiger partial charge in [-0.25, -0.2) is 9.59 Å². The fourth-order valence-electron chi connectivity index (χ4n) is 2.18. The summed E-state index contributed by atoms with van der Waals surface area (Å²) in [4.78, 5) is 24.7. The largest absolute Gasteiger partial charge is 0.507 e. The molecule has 0 saturated carbocycles. The zero-order valence-corrected chi connectivity index (χ0v) is 12.7. The number of thioether (sulfide) groups is 1. The molecule has 7 heteroatoms. The summed E-state index contributed by atoms with van der Waals surface area (Å²) in [6.45, 7) is 5.48. The van der Waals surface area contributed by atoms with Gasteiger partial charge in [0, 0.05) is 35.3 Å². The second-order valence-corrected chi connectivity index (χ2v) is 7.30. The number of phenols is 1. The molecule has 0 aliphatic carbocycles. The van der Waals surface area contributed by atoms with Gasteiger partial charge < -0.3 is 20.4 Å². The Labute approximate surface area is 127 Å². The number of carboxylic acids is 1. The lowest BCUT2D eigenvalue weighted by Gasteiger charge is -2.37. The van der Waals surface area contributed by atoms with Crippen LogP contribution in [0.1, 0.15) is 24.2 Å². The van der Waals surface area contributed by atoms with Crippen molar-refractivity contribution in [3.8, 4) is 5.75 Å². The van der Waals surface area contributed by atoms with E-state index < -0.39 is 5.97 Å². The molecule has 0 atom stereocenters. The average Bonchev–Trinajstić information content (AvgIpc) is 2.37. The van der Waals surface area contributed by atoms with E-state index in [0.717, 1.165) is 5.75 Å². The summed E-state index contributed by atoms with van der Waals surface area (Å²) in [6.07, 6.45) is 0. The number of aromatic carboxylic acids is 1. The van der Waals surface area contributed by atoms with Crippen LogP contribution in [-0.2, 0) is 0 Å². The Morgan fingerprint density at radius 1 is 1.38 bits per heavy atom. The lowest BCUT2D eigenvalue weighted by atomic mass is 10.2. The molecule has 1 aromatic carbocycles. The highest BCUT2D eigenvalue weighted by Crippen LogP contribution is 2.30. The van der Waals surface area contributed by atoms with Crippen molar-refractivity contribution >= 4 is 29.4 Å². The fraction of sp³-hybridized carbons (Fsp3) is 0.429. The molecule has 2 amide bonds. The molecule has 0 aromatic heterocycles. The van der Waals surface area contributed by atoms with Gasteiger partial charge in [0.15, 0.2) is 0 Å². The number of benzene rings is 1. The number of anilines is 1. The molecule has 21 heavy (non-hydrogen) atoms. The molecular formula is C14H18N2O4S. The maximum Gasteiger partial charge on any atom is 0.339 e. The highest BCUT2D eigenvalue weighted by Gasteiger charge is 2.29. The molecule has 1 saturated heterocycles. The molecule has 0 radical (unpaired) electrons. The highest BCUT2D eigenvalue weighted by atomic mass is 32.2. The van der Waals surface area contributed by atoms with Crippen molar-refractivity contribution in [3.63, 3.8) is 0 Å². The summed E-state index contributed by atoms with van der Waals surface area (Å²) in [5.41, 5.74) is 0.182. The van der Waals surface area contributed by atoms with Crippen LogP contribution in [0.4, 0.5) is 10.5 Å². The second kappa shape index (κ2) is 5.85. The second-order valence-electron chi connectivity index (χ2n) is 5.50. The average molecular weight is 310 g/mol. The van der Waals surface area contributed by atoms with Crippen LogP contribution < -0.4 is 5.32 Å². The number of carbonyl (C=O) groups excluding carboxylic acids is 1. The van der Waals surface area contributed by atoms with Crippen LogP contribution in [0, 0.1) is 0 Å². The topological polar surface area (TPSA) is 89.9 Å². The van der Waals surface area contributed by atoms with Gasteiger partial charge in [-0.1, -0.05) is 0 Å². The molecule has 0 spiro atoms. The van der Waals surface area contributed by atoms with Crippen LogP contribution in [0.3, 0.4) is 0 Å². The first kappa shape index (κ1) is 15.5. The van der Waals surface area contributed by atoms with Crippen molar-refractivity contribution in [2.75, 3.05) is 24.2 Å². The minimum Gasteiger partial charge on any atom is -0.507 e. The van der Waals surface area contributed by atoms with Crippen LogP contribution in [0.15, 0.2) is 18.2 Å². The third-order valence-corrected chi connectivity index (χ3v) is 4.49. The van der Waals surface area contributed by atoms with Gasteiger partial charge in [0.05, 0.1) is 0 Å². The summed E-state index contributed by atoms with van der Waals surface area (Å²) in [5.74, 6) is -0.695. The number of carbonyl (C=O) groups is 2. The van der Waals surface area contributed by atoms with Crippen LogP contribution in [-0.4, -0.2) is 50.7 Å². The van der Waals surface area contributed by atoms with Gasteiger partial charge in [-0.3, -0.25) is 0 Å². The minimum atomic E-state index is -1.21. The van der Waals surface area contributed by atoms with Gasteiger partial charge in [0.25, 0.3) is 0 Å². The molecule has 2 rings (SSSR count). The predicted molar refractivity (Wildman–Crippen MR) is 82.2 cm³/mol. The number of nitrogens with zero attached hydrogens (tertiary/aromatic N) is 1. The van der Waals surface area contributed by atoms with E-state index in [1.54, 1.807) is 4.90 Å². The number of nitrogens with one attached hydrogen (secondary N) is 1. The van der Waals surface area contributed by atoms with Crippen molar-refractivity contribution in [1.29, 1.82) is 0 Å². The number of carboxylic acid groups (broad SMARTS) is 1. The van der Waals surface area contributed by atoms with E-state index in [2.05, 4.69) is 19.2 Å². The predicted octanol–water partition coefficient (Wildman–Crippen LogP) is 2.45. The van der Waals surface area contributed by atoms with Gasteiger partial charge in [0.1, 0.15) is 11.3 Å². The smallest absolute Gasteiger partial charge is 0.339 e. The first-order valence-electron chi connectivity index (χ1n) is 6.55. The van der Waals surface area contributed by atoms with Crippen molar-refractivity contribution in [1.82, 2.24) is 4.90 Å². The Morgan fingerprint density at radius 2 is 2.10 bits per heavy atom. The number of hydrogen-bond acceptors (Lipinski definition) is 4. The van der Waals surface area contributed by atoms with Gasteiger partial charge >= 0.3 is 12.0 Å². The van der Waals surface area contributed by atoms with E-state index in [9.17, 15) is 14.7 Å². The molecule has 3 N–H and O–H groups in total. The molecule has 1 aromatic rings. The third kappa shape index (κ3) is 3.81. The van der Waals surface area contributed by atoms with Crippen LogP contribution in [0.25, 0.3) is 0 Å². The first-order chi connectivity index (χ1) is 9.78. The van der Waals surface area contributed by atoms with Gasteiger partial charge in [-0.15, -0.1) is 0 Å². The van der Waals surface area contributed by atoms with E-state index in [0.29, 0.717) is 18.8 Å². The monoisotopic (exact) mass is 310 g/mol. The summed E-state index contributed by atoms with van der Waals surface area (Å²) >= 11 is 1.83. The number of amides is 2. The molecule has 1 aliphatic rings. The van der Waals surface area contributed by atoms with Gasteiger partial charge in [-0.05, 0) is 26.0 Å². The minimum absolute atomic E-state index is 0.0187. The zero-order valence-electron chi connectivity index (χ0n) is 11.9. The summed E-state index contributed by atoms with van der Waals surface area (Å²) in [6, 6.07) is 3.73. The number of aromatic hydroxyl groups is 1. The van der Waals surface area contributed by atoms with Crippen LogP contribution >= 0.6 is 11.8 Å². The van der Waals surface area contributed by atoms with E-state index in [1.807, 2.05) is 11.8 Å². The van der Waals surface area contributed by atoms with Crippen LogP contribution in [0.5, 0.6) is 5.75 Å². The third-order valence-electron chi connectivity index (χ3n) is 3.19. The Hall–Kier alpha value is -1.89. The zero-order chi connectivity index (χ0) is 15.6. The molecule has 114 valence electrons. The number of urea groups is 1. The molecule has 0 bridgehead atoms. The summed E-state index contributed by atoms with van der Waals surface area (Å²) in [5, 5.41) is 21.1. The van der Waals surface area contributed by atoms with E-state index >= 15 is 0 Å². The maximum absolute atomic E-state index is 12.2. The summed E-state index contributed by atoms with van der Waals surface area (Å²) < 4.78 is 0.0187. The highest BCUT2D eigenvalue weighted by molar-refractivity contribution is 8.00. The SMILES string of the molecule is CC1(C)CN(C(=O)Nc2ccc(C(=O)O)c(O)c2)CCS1. The normalized spacial score (nSPS) is 17.3. The Morgan fingerprint density at radius 3 is 2.67 bits per heavy atom. The number of rotatable bonds is 2. The molecular weight excluding hydrogens is 292 g/mol. The molecule has 1 heterocycles. The first-order valence-corrected chi connectivity index (χ1v) is 7.53. The van der Waals surface area contributed by atoms with Gasteiger partial charge in [0.2, 0.25) is 0 Å². The van der Waals surface area contributed by atoms with Crippen molar-refractivity contribution in [3.05, 3.63) is 23.8 Å². The Kier molecular flexibility index (Phi) is 4.32.